The zero-order chi connectivity index (χ0) is 17.5. The molecular formula is C21H32N4. The van der Waals surface area contributed by atoms with Crippen LogP contribution < -0.4 is 9.80 Å². The normalized spacial score (nSPS) is 20.1. The summed E-state index contributed by atoms with van der Waals surface area (Å²) in [6.45, 7) is 8.57. The Hall–Kier alpha value is -1.84. The molecule has 0 bridgehead atoms. The second-order valence-corrected chi connectivity index (χ2v) is 7.34. The van der Waals surface area contributed by atoms with Gasteiger partial charge in [0.15, 0.2) is 0 Å². The minimum absolute atomic E-state index is 0.795. The number of rotatable bonds is 5. The Labute approximate surface area is 152 Å². The second kappa shape index (κ2) is 9.02. The number of hydrogen-bond acceptors (Lipinski definition) is 4. The van der Waals surface area contributed by atoms with Crippen molar-refractivity contribution < 1.29 is 0 Å². The van der Waals surface area contributed by atoms with Crippen molar-refractivity contribution in [3.8, 4) is 0 Å². The van der Waals surface area contributed by atoms with Gasteiger partial charge in [-0.2, -0.15) is 4.98 Å². The Kier molecular flexibility index (Phi) is 6.48. The molecular weight excluding hydrogens is 308 g/mol. The molecule has 0 aliphatic carbocycles. The average molecular weight is 341 g/mol. The Morgan fingerprint density at radius 1 is 1.00 bits per heavy atom. The first kappa shape index (κ1) is 18.0. The van der Waals surface area contributed by atoms with Gasteiger partial charge in [0, 0.05) is 37.9 Å². The molecule has 1 aromatic rings. The van der Waals surface area contributed by atoms with Crippen LogP contribution >= 0.6 is 0 Å². The Morgan fingerprint density at radius 2 is 1.76 bits per heavy atom. The van der Waals surface area contributed by atoms with Crippen LogP contribution in [0.4, 0.5) is 11.8 Å². The smallest absolute Gasteiger partial charge is 0.227 e. The van der Waals surface area contributed by atoms with Gasteiger partial charge in [0.05, 0.1) is 0 Å². The molecule has 0 amide bonds. The van der Waals surface area contributed by atoms with E-state index in [-0.39, 0.29) is 0 Å². The van der Waals surface area contributed by atoms with E-state index in [1.807, 2.05) is 0 Å². The van der Waals surface area contributed by atoms with Crippen LogP contribution in [-0.2, 0) is 0 Å². The largest absolute Gasteiger partial charge is 0.356 e. The van der Waals surface area contributed by atoms with E-state index in [1.165, 1.54) is 38.5 Å². The highest BCUT2D eigenvalue weighted by Gasteiger charge is 2.22. The molecule has 0 saturated carbocycles. The minimum Gasteiger partial charge on any atom is -0.356 e. The second-order valence-electron chi connectivity index (χ2n) is 7.34. The fraction of sp³-hybridized carbons (Fsp3) is 0.619. The molecule has 25 heavy (non-hydrogen) atoms. The monoisotopic (exact) mass is 340 g/mol. The quantitative estimate of drug-likeness (QED) is 0.738. The molecule has 0 atom stereocenters. The molecule has 0 spiro atoms. The van der Waals surface area contributed by atoms with Gasteiger partial charge in [-0.05, 0) is 58.3 Å². The number of anilines is 2. The predicted molar refractivity (Wildman–Crippen MR) is 106 cm³/mol. The predicted octanol–water partition coefficient (Wildman–Crippen LogP) is 4.51. The summed E-state index contributed by atoms with van der Waals surface area (Å²) in [4.78, 5) is 14.5. The van der Waals surface area contributed by atoms with Gasteiger partial charge in [-0.15, -0.1) is 0 Å². The number of aryl methyl sites for hydroxylation is 1. The van der Waals surface area contributed by atoms with Crippen LogP contribution in [-0.4, -0.2) is 36.1 Å². The third-order valence-electron chi connectivity index (χ3n) is 5.32. The van der Waals surface area contributed by atoms with Crippen molar-refractivity contribution in [3.05, 3.63) is 36.1 Å². The summed E-state index contributed by atoms with van der Waals surface area (Å²) in [5.74, 6) is 2.85. The van der Waals surface area contributed by atoms with Gasteiger partial charge in [-0.1, -0.05) is 24.3 Å². The van der Waals surface area contributed by atoms with E-state index in [0.29, 0.717) is 0 Å². The summed E-state index contributed by atoms with van der Waals surface area (Å²) in [5, 5.41) is 0. The minimum atomic E-state index is 0.795. The molecule has 2 fully saturated rings. The molecule has 3 rings (SSSR count). The van der Waals surface area contributed by atoms with E-state index in [2.05, 4.69) is 54.0 Å². The highest BCUT2D eigenvalue weighted by molar-refractivity contribution is 5.46. The molecule has 3 heterocycles. The molecule has 136 valence electrons. The van der Waals surface area contributed by atoms with Crippen LogP contribution in [0.25, 0.3) is 0 Å². The molecule has 2 aliphatic rings. The van der Waals surface area contributed by atoms with Crippen LogP contribution in [0, 0.1) is 12.8 Å². The van der Waals surface area contributed by atoms with Gasteiger partial charge in [0.1, 0.15) is 5.82 Å². The standard InChI is InChI=1S/C21H32N4/c1-3-4-5-7-10-19-11-15-25(16-12-19)21-22-18(2)17-20(23-21)24-13-8-6-9-14-24/h3-5,7,17,19H,6,8-16H2,1-2H3/b4-3-,7-5-. The Morgan fingerprint density at radius 3 is 2.48 bits per heavy atom. The molecule has 0 aromatic carbocycles. The van der Waals surface area contributed by atoms with Crippen molar-refractivity contribution in [3.63, 3.8) is 0 Å². The third kappa shape index (κ3) is 5.07. The van der Waals surface area contributed by atoms with E-state index in [0.717, 1.165) is 49.6 Å². The van der Waals surface area contributed by atoms with Crippen molar-refractivity contribution in [2.45, 2.75) is 52.4 Å². The summed E-state index contributed by atoms with van der Waals surface area (Å²) in [6.07, 6.45) is 16.2. The Balaban J connectivity index is 1.60. The number of hydrogen-bond donors (Lipinski definition) is 0. The van der Waals surface area contributed by atoms with Crippen LogP contribution in [0.1, 0.15) is 51.1 Å². The van der Waals surface area contributed by atoms with Gasteiger partial charge in [0.2, 0.25) is 5.95 Å². The lowest BCUT2D eigenvalue weighted by molar-refractivity contribution is 0.406. The highest BCUT2D eigenvalue weighted by atomic mass is 15.3. The van der Waals surface area contributed by atoms with E-state index in [4.69, 9.17) is 9.97 Å². The van der Waals surface area contributed by atoms with Crippen molar-refractivity contribution in [2.75, 3.05) is 36.0 Å². The summed E-state index contributed by atoms with van der Waals surface area (Å²) < 4.78 is 0. The fourth-order valence-corrected chi connectivity index (χ4v) is 3.79. The molecule has 1 aromatic heterocycles. The molecule has 2 aliphatic heterocycles. The highest BCUT2D eigenvalue weighted by Crippen LogP contribution is 2.26. The molecule has 4 nitrogen and oxygen atoms in total. The first-order chi connectivity index (χ1) is 12.3. The fourth-order valence-electron chi connectivity index (χ4n) is 3.79. The SMILES string of the molecule is C/C=C\C=C/CC1CCN(c2nc(C)cc(N3CCCCC3)n2)CC1. The molecule has 4 heteroatoms. The first-order valence-electron chi connectivity index (χ1n) is 9.89. The van der Waals surface area contributed by atoms with Gasteiger partial charge in [-0.3, -0.25) is 0 Å². The van der Waals surface area contributed by atoms with Crippen molar-refractivity contribution in [2.24, 2.45) is 5.92 Å². The van der Waals surface area contributed by atoms with Gasteiger partial charge in [-0.25, -0.2) is 4.98 Å². The van der Waals surface area contributed by atoms with E-state index in [9.17, 15) is 0 Å². The lowest BCUT2D eigenvalue weighted by Gasteiger charge is -2.33. The number of allylic oxidation sites excluding steroid dienone is 4. The first-order valence-corrected chi connectivity index (χ1v) is 9.89. The van der Waals surface area contributed by atoms with Crippen LogP contribution in [0.15, 0.2) is 30.4 Å². The molecule has 2 saturated heterocycles. The number of piperidine rings is 2. The average Bonchev–Trinajstić information content (AvgIpc) is 2.66. The summed E-state index contributed by atoms with van der Waals surface area (Å²) >= 11 is 0. The number of aromatic nitrogens is 2. The summed E-state index contributed by atoms with van der Waals surface area (Å²) in [5.41, 5.74) is 1.09. The zero-order valence-corrected chi connectivity index (χ0v) is 15.8. The van der Waals surface area contributed by atoms with Crippen LogP contribution in [0.3, 0.4) is 0 Å². The Bertz CT molecular complexity index is 594. The molecule has 0 radical (unpaired) electrons. The van der Waals surface area contributed by atoms with Gasteiger partial charge < -0.3 is 9.80 Å². The van der Waals surface area contributed by atoms with Crippen molar-refractivity contribution >= 4 is 11.8 Å². The van der Waals surface area contributed by atoms with E-state index < -0.39 is 0 Å². The van der Waals surface area contributed by atoms with E-state index in [1.54, 1.807) is 0 Å². The summed E-state index contributed by atoms with van der Waals surface area (Å²) in [7, 11) is 0. The maximum absolute atomic E-state index is 4.91. The topological polar surface area (TPSA) is 32.3 Å². The van der Waals surface area contributed by atoms with Gasteiger partial charge in [0.25, 0.3) is 0 Å². The van der Waals surface area contributed by atoms with Crippen molar-refractivity contribution in [1.29, 1.82) is 0 Å². The van der Waals surface area contributed by atoms with Gasteiger partial charge >= 0.3 is 0 Å². The lowest BCUT2D eigenvalue weighted by atomic mass is 9.93. The maximum atomic E-state index is 4.91. The lowest BCUT2D eigenvalue weighted by Crippen LogP contribution is -2.36. The van der Waals surface area contributed by atoms with Crippen LogP contribution in [0.2, 0.25) is 0 Å². The van der Waals surface area contributed by atoms with Crippen LogP contribution in [0.5, 0.6) is 0 Å². The molecule has 0 unspecified atom stereocenters. The van der Waals surface area contributed by atoms with E-state index >= 15 is 0 Å². The maximum Gasteiger partial charge on any atom is 0.227 e. The zero-order valence-electron chi connectivity index (χ0n) is 15.8. The summed E-state index contributed by atoms with van der Waals surface area (Å²) in [6, 6.07) is 2.15. The van der Waals surface area contributed by atoms with Crippen molar-refractivity contribution in [1.82, 2.24) is 9.97 Å². The number of nitrogens with zero attached hydrogens (tertiary/aromatic N) is 4. The molecule has 0 N–H and O–H groups in total. The third-order valence-corrected chi connectivity index (χ3v) is 5.32.